The number of aliphatic hydroxyl groups is 1. The van der Waals surface area contributed by atoms with E-state index >= 15 is 0 Å². The molecule has 1 N–H and O–H groups in total. The molecule has 57 heavy (non-hydrogen) atoms. The molecular weight excluding hydrogens is 741 g/mol. The van der Waals surface area contributed by atoms with Gasteiger partial charge < -0.3 is 33.0 Å². The molecule has 0 bridgehead atoms. The van der Waals surface area contributed by atoms with E-state index in [1.54, 1.807) is 0 Å². The number of unbranched alkanes of at least 4 members (excludes halogenated alkanes) is 9. The SMILES string of the molecule is CCCCC/C=C\C/C=C\C/C=C\CCCCC(=O)O[C@H](COC(=O)CCC/C=C\C/C=C\C/C=C\C/C=C\CCCCCO)COP(=O)([O-])OCC[N+](C)(C)C. The van der Waals surface area contributed by atoms with Crippen LogP contribution < -0.4 is 4.89 Å². The number of allylic oxidation sites excluding steroid dienone is 14. The van der Waals surface area contributed by atoms with Crippen molar-refractivity contribution in [2.45, 2.75) is 141 Å². The topological polar surface area (TPSA) is 131 Å². The maximum atomic E-state index is 12.6. The highest BCUT2D eigenvalue weighted by molar-refractivity contribution is 7.45. The van der Waals surface area contributed by atoms with Crippen molar-refractivity contribution in [2.24, 2.45) is 0 Å². The molecule has 0 aliphatic rings. The molecule has 0 radical (unpaired) electrons. The lowest BCUT2D eigenvalue weighted by Gasteiger charge is -2.28. The molecule has 0 spiro atoms. The predicted molar refractivity (Wildman–Crippen MR) is 232 cm³/mol. The van der Waals surface area contributed by atoms with Gasteiger partial charge in [-0.05, 0) is 96.3 Å². The van der Waals surface area contributed by atoms with Crippen LogP contribution in [0.1, 0.15) is 135 Å². The highest BCUT2D eigenvalue weighted by Gasteiger charge is 2.21. The summed E-state index contributed by atoms with van der Waals surface area (Å²) in [4.78, 5) is 37.5. The van der Waals surface area contributed by atoms with E-state index in [-0.39, 0.29) is 32.7 Å². The summed E-state index contributed by atoms with van der Waals surface area (Å²) in [6, 6.07) is 0. The Morgan fingerprint density at radius 3 is 1.54 bits per heavy atom. The lowest BCUT2D eigenvalue weighted by atomic mass is 10.1. The van der Waals surface area contributed by atoms with Crippen LogP contribution >= 0.6 is 7.82 Å². The van der Waals surface area contributed by atoms with Crippen molar-refractivity contribution >= 4 is 19.8 Å². The minimum Gasteiger partial charge on any atom is -0.756 e. The molecule has 0 saturated heterocycles. The summed E-state index contributed by atoms with van der Waals surface area (Å²) in [5.41, 5.74) is 0. The summed E-state index contributed by atoms with van der Waals surface area (Å²) in [5, 5.41) is 8.79. The number of ether oxygens (including phenoxy) is 2. The molecule has 0 aliphatic heterocycles. The second-order valence-electron chi connectivity index (χ2n) is 15.1. The number of carbonyl (C=O) groups excluding carboxylic acids is 2. The molecule has 0 aromatic carbocycles. The molecule has 0 heterocycles. The number of phosphoric acid groups is 1. The Bertz CT molecular complexity index is 1250. The maximum Gasteiger partial charge on any atom is 0.306 e. The third-order valence-electron chi connectivity index (χ3n) is 8.44. The van der Waals surface area contributed by atoms with Gasteiger partial charge in [-0.25, -0.2) is 0 Å². The first-order valence-corrected chi connectivity index (χ1v) is 22.9. The maximum absolute atomic E-state index is 12.6. The van der Waals surface area contributed by atoms with Crippen LogP contribution in [0.15, 0.2) is 85.1 Å². The Morgan fingerprint density at radius 2 is 1.05 bits per heavy atom. The van der Waals surface area contributed by atoms with E-state index in [1.807, 2.05) is 27.2 Å². The summed E-state index contributed by atoms with van der Waals surface area (Å²) >= 11 is 0. The first kappa shape index (κ1) is 54.2. The molecule has 1 unspecified atom stereocenters. The lowest BCUT2D eigenvalue weighted by Crippen LogP contribution is -2.37. The van der Waals surface area contributed by atoms with E-state index < -0.39 is 32.5 Å². The number of nitrogens with zero attached hydrogens (tertiary/aromatic N) is 1. The molecule has 326 valence electrons. The van der Waals surface area contributed by atoms with Gasteiger partial charge in [-0.3, -0.25) is 14.2 Å². The molecule has 10 nitrogen and oxygen atoms in total. The van der Waals surface area contributed by atoms with Crippen molar-refractivity contribution in [1.29, 1.82) is 0 Å². The minimum absolute atomic E-state index is 0.0559. The summed E-state index contributed by atoms with van der Waals surface area (Å²) in [6.07, 6.45) is 46.3. The van der Waals surface area contributed by atoms with E-state index in [0.29, 0.717) is 30.3 Å². The van der Waals surface area contributed by atoms with Gasteiger partial charge in [-0.1, -0.05) is 111 Å². The number of phosphoric ester groups is 1. The summed E-state index contributed by atoms with van der Waals surface area (Å²) in [6.45, 7) is 2.06. The van der Waals surface area contributed by atoms with Gasteiger partial charge in [0, 0.05) is 19.4 Å². The number of carbonyl (C=O) groups is 2. The zero-order valence-corrected chi connectivity index (χ0v) is 36.8. The molecule has 0 amide bonds. The number of hydrogen-bond donors (Lipinski definition) is 1. The van der Waals surface area contributed by atoms with Crippen molar-refractivity contribution in [3.8, 4) is 0 Å². The quantitative estimate of drug-likeness (QED) is 0.0213. The first-order chi connectivity index (χ1) is 27.5. The van der Waals surface area contributed by atoms with Crippen LogP contribution in [0.5, 0.6) is 0 Å². The molecule has 0 aliphatic carbocycles. The number of esters is 2. The van der Waals surface area contributed by atoms with Crippen LogP contribution in [0.4, 0.5) is 0 Å². The number of rotatable bonds is 38. The van der Waals surface area contributed by atoms with Crippen LogP contribution in [0, 0.1) is 0 Å². The first-order valence-electron chi connectivity index (χ1n) is 21.4. The van der Waals surface area contributed by atoms with E-state index in [9.17, 15) is 19.0 Å². The minimum atomic E-state index is -4.66. The normalized spacial score (nSPS) is 14.4. The fraction of sp³-hybridized carbons (Fsp3) is 0.652. The zero-order chi connectivity index (χ0) is 42.1. The van der Waals surface area contributed by atoms with Crippen molar-refractivity contribution in [3.63, 3.8) is 0 Å². The molecule has 11 heteroatoms. The summed E-state index contributed by atoms with van der Waals surface area (Å²) in [5.74, 6) is -0.969. The second kappa shape index (κ2) is 38.7. The van der Waals surface area contributed by atoms with Gasteiger partial charge >= 0.3 is 11.9 Å². The van der Waals surface area contributed by atoms with E-state index in [4.69, 9.17) is 23.6 Å². The molecule has 2 atom stereocenters. The van der Waals surface area contributed by atoms with Gasteiger partial charge in [0.25, 0.3) is 7.82 Å². The monoisotopic (exact) mass is 820 g/mol. The molecule has 0 saturated carbocycles. The Morgan fingerprint density at radius 1 is 0.596 bits per heavy atom. The Labute approximate surface area is 346 Å². The third-order valence-corrected chi connectivity index (χ3v) is 9.41. The Hall–Kier alpha value is -2.85. The van der Waals surface area contributed by atoms with Gasteiger partial charge in [0.15, 0.2) is 6.10 Å². The zero-order valence-electron chi connectivity index (χ0n) is 35.9. The van der Waals surface area contributed by atoms with Crippen molar-refractivity contribution in [1.82, 2.24) is 0 Å². The smallest absolute Gasteiger partial charge is 0.306 e. The lowest BCUT2D eigenvalue weighted by molar-refractivity contribution is -0.870. The van der Waals surface area contributed by atoms with Crippen molar-refractivity contribution in [3.05, 3.63) is 85.1 Å². The highest BCUT2D eigenvalue weighted by Crippen LogP contribution is 2.38. The summed E-state index contributed by atoms with van der Waals surface area (Å²) < 4.78 is 33.7. The predicted octanol–water partition coefficient (Wildman–Crippen LogP) is 10.4. The van der Waals surface area contributed by atoms with Gasteiger partial charge in [-0.15, -0.1) is 0 Å². The standard InChI is InChI=1S/C46H78NO9P/c1-5-6-7-8-9-10-11-12-16-20-23-26-29-32-35-38-46(50)56-44(43-55-57(51,52)54-41-39-47(2,3)4)42-53-45(49)37-34-31-28-25-22-19-17-14-13-15-18-21-24-27-30-33-36-40-48/h9-10,12-13,15-17,19,21,23-26,28,44,48H,5-8,11,14,18,20,22,27,29-43H2,1-4H3/b10-9-,15-13-,16-12-,19-17-,24-21-,26-23-,28-25-/t44-/m1/s1. The Kier molecular flexibility index (Phi) is 36.7. The van der Waals surface area contributed by atoms with E-state index in [1.165, 1.54) is 19.3 Å². The third kappa shape index (κ3) is 42.6. The van der Waals surface area contributed by atoms with Crippen LogP contribution in [0.2, 0.25) is 0 Å². The van der Waals surface area contributed by atoms with Crippen molar-refractivity contribution in [2.75, 3.05) is 54.1 Å². The van der Waals surface area contributed by atoms with Crippen LogP contribution in [0.25, 0.3) is 0 Å². The van der Waals surface area contributed by atoms with Gasteiger partial charge in [0.1, 0.15) is 19.8 Å². The highest BCUT2D eigenvalue weighted by atomic mass is 31.2. The molecule has 0 aromatic rings. The van der Waals surface area contributed by atoms with Crippen molar-refractivity contribution < 1.29 is 47.2 Å². The molecule has 0 aromatic heterocycles. The number of aliphatic hydroxyl groups excluding tert-OH is 1. The van der Waals surface area contributed by atoms with Gasteiger partial charge in [0.05, 0.1) is 27.7 Å². The molecule has 0 rings (SSSR count). The van der Waals surface area contributed by atoms with Crippen LogP contribution in [-0.4, -0.2) is 81.7 Å². The number of likely N-dealkylation sites (N-methyl/N-ethyl adjacent to an activating group) is 1. The summed E-state index contributed by atoms with van der Waals surface area (Å²) in [7, 11) is 1.08. The van der Waals surface area contributed by atoms with E-state index in [0.717, 1.165) is 77.0 Å². The fourth-order valence-corrected chi connectivity index (χ4v) is 5.77. The molecule has 0 fully saturated rings. The van der Waals surface area contributed by atoms with Crippen LogP contribution in [0.3, 0.4) is 0 Å². The second-order valence-corrected chi connectivity index (χ2v) is 16.5. The van der Waals surface area contributed by atoms with Gasteiger partial charge in [-0.2, -0.15) is 0 Å². The fourth-order valence-electron chi connectivity index (χ4n) is 5.04. The average molecular weight is 820 g/mol. The largest absolute Gasteiger partial charge is 0.756 e. The van der Waals surface area contributed by atoms with Crippen LogP contribution in [-0.2, 0) is 32.7 Å². The number of quaternary nitrogens is 1. The molecular formula is C46H78NO9P. The Balaban J connectivity index is 4.55. The number of hydrogen-bond acceptors (Lipinski definition) is 9. The average Bonchev–Trinajstić information content (AvgIpc) is 3.16. The van der Waals surface area contributed by atoms with E-state index in [2.05, 4.69) is 85.9 Å². The van der Waals surface area contributed by atoms with Gasteiger partial charge in [0.2, 0.25) is 0 Å².